The van der Waals surface area contributed by atoms with Crippen LogP contribution >= 0.6 is 23.1 Å². The lowest BCUT2D eigenvalue weighted by Crippen LogP contribution is -2.25. The Morgan fingerprint density at radius 1 is 1.32 bits per heavy atom. The molecule has 0 aliphatic heterocycles. The molecule has 0 spiro atoms. The largest absolute Gasteiger partial charge is 0.462 e. The van der Waals surface area contributed by atoms with Crippen molar-refractivity contribution in [2.24, 2.45) is 5.92 Å². The number of esters is 1. The molecule has 3 aromatic rings. The highest BCUT2D eigenvalue weighted by molar-refractivity contribution is 7.99. The molecule has 5 nitrogen and oxygen atoms in total. The van der Waals surface area contributed by atoms with Gasteiger partial charge >= 0.3 is 5.97 Å². The zero-order chi connectivity index (χ0) is 19.5. The van der Waals surface area contributed by atoms with Gasteiger partial charge in [0.15, 0.2) is 5.16 Å². The van der Waals surface area contributed by atoms with Gasteiger partial charge in [-0.15, -0.1) is 11.3 Å². The maximum atomic E-state index is 12.6. The first kappa shape index (κ1) is 19.2. The number of thioether (sulfide) groups is 1. The van der Waals surface area contributed by atoms with Crippen LogP contribution in [0.2, 0.25) is 0 Å². The number of fused-ring (bicyclic) bond motifs is 1. The Bertz CT molecular complexity index is 1030. The summed E-state index contributed by atoms with van der Waals surface area (Å²) in [7, 11) is 0. The lowest BCUT2D eigenvalue weighted by molar-refractivity contribution is -0.147. The van der Waals surface area contributed by atoms with E-state index in [1.54, 1.807) is 0 Å². The van der Waals surface area contributed by atoms with Crippen LogP contribution in [0.3, 0.4) is 0 Å². The number of carbonyl (C=O) groups is 1. The van der Waals surface area contributed by atoms with E-state index in [1.165, 1.54) is 29.5 Å². The summed E-state index contributed by atoms with van der Waals surface area (Å²) in [5, 5.41) is 3.00. The SMILES string of the molecule is C[C@H]1CCC[C@H](OC(=O)CSc2nc3scc(-c4ccccc4)c3c(=O)[nH]2)C1. The van der Waals surface area contributed by atoms with Gasteiger partial charge in [-0.05, 0) is 30.7 Å². The number of nitrogens with one attached hydrogen (secondary N) is 1. The number of hydrogen-bond acceptors (Lipinski definition) is 6. The van der Waals surface area contributed by atoms with Crippen LogP contribution in [0.4, 0.5) is 0 Å². The van der Waals surface area contributed by atoms with Gasteiger partial charge in [-0.3, -0.25) is 9.59 Å². The lowest BCUT2D eigenvalue weighted by atomic mass is 9.89. The number of ether oxygens (including phenoxy) is 1. The van der Waals surface area contributed by atoms with Gasteiger partial charge in [0.05, 0.1) is 11.1 Å². The molecule has 2 heterocycles. The average molecular weight is 415 g/mol. The first-order chi connectivity index (χ1) is 13.6. The molecule has 0 unspecified atom stereocenters. The molecule has 7 heteroatoms. The standard InChI is InChI=1S/C21H22N2O3S2/c1-13-6-5-9-15(10-13)26-17(24)12-28-21-22-19(25)18-16(11-27-20(18)23-21)14-7-3-2-4-8-14/h2-4,7-8,11,13,15H,5-6,9-10,12H2,1H3,(H,22,23,25)/t13-,15-/m0/s1. The molecule has 1 aliphatic rings. The molecule has 1 N–H and O–H groups in total. The number of thiophene rings is 1. The molecule has 2 aromatic heterocycles. The highest BCUT2D eigenvalue weighted by atomic mass is 32.2. The summed E-state index contributed by atoms with van der Waals surface area (Å²) in [6.45, 7) is 2.20. The zero-order valence-electron chi connectivity index (χ0n) is 15.6. The van der Waals surface area contributed by atoms with Gasteiger partial charge in [0.1, 0.15) is 10.9 Å². The van der Waals surface area contributed by atoms with E-state index in [-0.39, 0.29) is 23.4 Å². The second-order valence-electron chi connectivity index (χ2n) is 7.24. The molecule has 0 radical (unpaired) electrons. The predicted octanol–water partition coefficient (Wildman–Crippen LogP) is 4.87. The number of hydrogen-bond donors (Lipinski definition) is 1. The fourth-order valence-corrected chi connectivity index (χ4v) is 5.31. The van der Waals surface area contributed by atoms with E-state index >= 15 is 0 Å². The van der Waals surface area contributed by atoms with Gasteiger partial charge in [0, 0.05) is 10.9 Å². The highest BCUT2D eigenvalue weighted by Crippen LogP contribution is 2.31. The lowest BCUT2D eigenvalue weighted by Gasteiger charge is -2.26. The summed E-state index contributed by atoms with van der Waals surface area (Å²) in [6.07, 6.45) is 4.23. The number of rotatable bonds is 5. The van der Waals surface area contributed by atoms with Gasteiger partial charge in [-0.1, -0.05) is 55.4 Å². The van der Waals surface area contributed by atoms with E-state index in [0.29, 0.717) is 21.3 Å². The fraction of sp³-hybridized carbons (Fsp3) is 0.381. The summed E-state index contributed by atoms with van der Waals surface area (Å²) in [6, 6.07) is 9.80. The summed E-state index contributed by atoms with van der Waals surface area (Å²) >= 11 is 2.66. The van der Waals surface area contributed by atoms with E-state index in [1.807, 2.05) is 35.7 Å². The monoisotopic (exact) mass is 414 g/mol. The summed E-state index contributed by atoms with van der Waals surface area (Å²) < 4.78 is 5.59. The van der Waals surface area contributed by atoms with Crippen LogP contribution in [-0.2, 0) is 9.53 Å². The maximum Gasteiger partial charge on any atom is 0.316 e. The predicted molar refractivity (Wildman–Crippen MR) is 114 cm³/mol. The number of nitrogens with zero attached hydrogens (tertiary/aromatic N) is 1. The molecular weight excluding hydrogens is 392 g/mol. The molecule has 146 valence electrons. The Hall–Kier alpha value is -2.12. The molecule has 1 aromatic carbocycles. The molecule has 2 atom stereocenters. The zero-order valence-corrected chi connectivity index (χ0v) is 17.3. The number of H-pyrrole nitrogens is 1. The normalized spacial score (nSPS) is 19.6. The molecule has 1 fully saturated rings. The molecule has 4 rings (SSSR count). The Labute approximate surface area is 171 Å². The minimum Gasteiger partial charge on any atom is -0.462 e. The molecule has 28 heavy (non-hydrogen) atoms. The van der Waals surface area contributed by atoms with Crippen LogP contribution in [0.25, 0.3) is 21.3 Å². The Morgan fingerprint density at radius 3 is 2.93 bits per heavy atom. The average Bonchev–Trinajstić information content (AvgIpc) is 3.12. The number of carbonyl (C=O) groups excluding carboxylic acids is 1. The van der Waals surface area contributed by atoms with Crippen molar-refractivity contribution in [2.45, 2.75) is 43.9 Å². The molecule has 0 bridgehead atoms. The third kappa shape index (κ3) is 4.31. The number of aromatic nitrogens is 2. The van der Waals surface area contributed by atoms with Crippen LogP contribution in [0, 0.1) is 5.92 Å². The van der Waals surface area contributed by atoms with Crippen molar-refractivity contribution in [1.82, 2.24) is 9.97 Å². The fourth-order valence-electron chi connectivity index (χ4n) is 3.66. The van der Waals surface area contributed by atoms with Crippen molar-refractivity contribution in [2.75, 3.05) is 5.75 Å². The van der Waals surface area contributed by atoms with Crippen molar-refractivity contribution >= 4 is 39.3 Å². The van der Waals surface area contributed by atoms with E-state index in [0.717, 1.165) is 30.4 Å². The molecule has 1 aliphatic carbocycles. The van der Waals surface area contributed by atoms with Gasteiger partial charge in [-0.25, -0.2) is 4.98 Å². The van der Waals surface area contributed by atoms with Crippen LogP contribution in [0.5, 0.6) is 0 Å². The highest BCUT2D eigenvalue weighted by Gasteiger charge is 2.22. The Morgan fingerprint density at radius 2 is 2.14 bits per heavy atom. The van der Waals surface area contributed by atoms with Gasteiger partial charge < -0.3 is 9.72 Å². The minimum atomic E-state index is -0.247. The topological polar surface area (TPSA) is 72.0 Å². The second-order valence-corrected chi connectivity index (χ2v) is 9.06. The third-order valence-corrected chi connectivity index (χ3v) is 6.74. The summed E-state index contributed by atoms with van der Waals surface area (Å²) in [4.78, 5) is 32.8. The minimum absolute atomic E-state index is 0.0251. The maximum absolute atomic E-state index is 12.6. The van der Waals surface area contributed by atoms with Crippen LogP contribution in [-0.4, -0.2) is 27.8 Å². The van der Waals surface area contributed by atoms with Crippen LogP contribution < -0.4 is 5.56 Å². The van der Waals surface area contributed by atoms with Crippen LogP contribution in [0.15, 0.2) is 45.7 Å². The van der Waals surface area contributed by atoms with Crippen molar-refractivity contribution in [3.05, 3.63) is 46.1 Å². The van der Waals surface area contributed by atoms with Crippen molar-refractivity contribution < 1.29 is 9.53 Å². The molecule has 0 amide bonds. The van der Waals surface area contributed by atoms with Crippen molar-refractivity contribution in [3.8, 4) is 11.1 Å². The van der Waals surface area contributed by atoms with Gasteiger partial charge in [-0.2, -0.15) is 0 Å². The number of aromatic amines is 1. The Balaban J connectivity index is 1.45. The van der Waals surface area contributed by atoms with Crippen molar-refractivity contribution in [3.63, 3.8) is 0 Å². The van der Waals surface area contributed by atoms with Crippen molar-refractivity contribution in [1.29, 1.82) is 0 Å². The van der Waals surface area contributed by atoms with E-state index in [9.17, 15) is 9.59 Å². The molecule has 1 saturated carbocycles. The molecular formula is C21H22N2O3S2. The first-order valence-corrected chi connectivity index (χ1v) is 11.4. The third-order valence-electron chi connectivity index (χ3n) is 5.02. The van der Waals surface area contributed by atoms with Crippen LogP contribution in [0.1, 0.15) is 32.6 Å². The quantitative estimate of drug-likeness (QED) is 0.366. The van der Waals surface area contributed by atoms with Gasteiger partial charge in [0.25, 0.3) is 5.56 Å². The Kier molecular flexibility index (Phi) is 5.82. The molecule has 0 saturated heterocycles. The van der Waals surface area contributed by atoms with Gasteiger partial charge in [0.2, 0.25) is 0 Å². The van der Waals surface area contributed by atoms with E-state index < -0.39 is 0 Å². The number of benzene rings is 1. The summed E-state index contributed by atoms with van der Waals surface area (Å²) in [5.74, 6) is 0.510. The summed E-state index contributed by atoms with van der Waals surface area (Å²) in [5.41, 5.74) is 1.70. The smallest absolute Gasteiger partial charge is 0.316 e. The first-order valence-electron chi connectivity index (χ1n) is 9.49. The van der Waals surface area contributed by atoms with E-state index in [4.69, 9.17) is 4.74 Å². The second kappa shape index (κ2) is 8.49. The van der Waals surface area contributed by atoms with E-state index in [2.05, 4.69) is 16.9 Å².